The fourth-order valence-electron chi connectivity index (χ4n) is 4.02. The summed E-state index contributed by atoms with van der Waals surface area (Å²) in [5.41, 5.74) is 2.65. The molecular weight excluding hydrogens is 429 g/mol. The molecule has 166 valence electrons. The van der Waals surface area contributed by atoms with E-state index in [-0.39, 0.29) is 11.7 Å². The molecule has 2 aliphatic rings. The lowest BCUT2D eigenvalue weighted by Gasteiger charge is -2.17. The van der Waals surface area contributed by atoms with Gasteiger partial charge in [0.1, 0.15) is 5.75 Å². The maximum Gasteiger partial charge on any atom is 0.225 e. The molecule has 8 heteroatoms. The van der Waals surface area contributed by atoms with Gasteiger partial charge in [-0.1, -0.05) is 19.1 Å². The quantitative estimate of drug-likeness (QED) is 0.557. The van der Waals surface area contributed by atoms with Crippen LogP contribution in [0.25, 0.3) is 11.1 Å². The molecule has 0 amide bonds. The van der Waals surface area contributed by atoms with E-state index in [4.69, 9.17) is 9.47 Å². The van der Waals surface area contributed by atoms with Gasteiger partial charge in [-0.3, -0.25) is 4.21 Å². The highest BCUT2D eigenvalue weighted by Crippen LogP contribution is 2.34. The molecule has 1 saturated heterocycles. The van der Waals surface area contributed by atoms with Gasteiger partial charge in [0.2, 0.25) is 5.95 Å². The molecule has 0 spiro atoms. The molecule has 2 aliphatic heterocycles. The fourth-order valence-corrected chi connectivity index (χ4v) is 4.94. The predicted molar refractivity (Wildman–Crippen MR) is 121 cm³/mol. The highest BCUT2D eigenvalue weighted by Gasteiger charge is 2.25. The number of benzene rings is 2. The van der Waals surface area contributed by atoms with Crippen LogP contribution in [0.5, 0.6) is 11.5 Å². The number of halogens is 1. The van der Waals surface area contributed by atoms with Crippen LogP contribution in [0.2, 0.25) is 0 Å². The van der Waals surface area contributed by atoms with Gasteiger partial charge in [0.15, 0.2) is 17.5 Å². The van der Waals surface area contributed by atoms with Crippen molar-refractivity contribution in [1.82, 2.24) is 9.97 Å². The van der Waals surface area contributed by atoms with Gasteiger partial charge in [-0.05, 0) is 53.8 Å². The Hall–Kier alpha value is -3.00. The van der Waals surface area contributed by atoms with E-state index in [9.17, 15) is 8.60 Å². The first-order valence-electron chi connectivity index (χ1n) is 10.7. The summed E-state index contributed by atoms with van der Waals surface area (Å²) in [4.78, 5) is 11.7. The topological polar surface area (TPSA) is 64.6 Å². The van der Waals surface area contributed by atoms with Crippen LogP contribution >= 0.6 is 0 Å². The zero-order chi connectivity index (χ0) is 22.1. The molecule has 0 radical (unpaired) electrons. The molecule has 5 rings (SSSR count). The van der Waals surface area contributed by atoms with Crippen LogP contribution in [0, 0.1) is 11.7 Å². The molecule has 32 heavy (non-hydrogen) atoms. The van der Waals surface area contributed by atoms with Crippen molar-refractivity contribution in [3.63, 3.8) is 0 Å². The fraction of sp³-hybridized carbons (Fsp3) is 0.333. The van der Waals surface area contributed by atoms with Gasteiger partial charge in [-0.2, -0.15) is 0 Å². The van der Waals surface area contributed by atoms with E-state index in [1.54, 1.807) is 18.2 Å². The van der Waals surface area contributed by atoms with Gasteiger partial charge < -0.3 is 14.4 Å². The highest BCUT2D eigenvalue weighted by atomic mass is 32.2. The predicted octanol–water partition coefficient (Wildman–Crippen LogP) is 4.21. The van der Waals surface area contributed by atoms with Crippen LogP contribution in [0.1, 0.15) is 18.9 Å². The molecule has 0 bridgehead atoms. The first-order chi connectivity index (χ1) is 15.6. The van der Waals surface area contributed by atoms with Gasteiger partial charge in [0.05, 0.1) is 22.3 Å². The Bertz CT molecular complexity index is 1160. The molecule has 0 aliphatic carbocycles. The third-order valence-electron chi connectivity index (χ3n) is 5.92. The van der Waals surface area contributed by atoms with E-state index in [0.717, 1.165) is 48.6 Å². The van der Waals surface area contributed by atoms with Crippen molar-refractivity contribution in [3.05, 3.63) is 60.2 Å². The molecule has 1 aromatic heterocycles. The van der Waals surface area contributed by atoms with Gasteiger partial charge in [0.25, 0.3) is 0 Å². The molecule has 0 unspecified atom stereocenters. The molecule has 3 heterocycles. The van der Waals surface area contributed by atoms with Crippen molar-refractivity contribution in [1.29, 1.82) is 0 Å². The number of hydrogen-bond donors (Lipinski definition) is 0. The Labute approximate surface area is 188 Å². The van der Waals surface area contributed by atoms with E-state index in [1.165, 1.54) is 6.07 Å². The summed E-state index contributed by atoms with van der Waals surface area (Å²) in [5, 5.41) is 0. The van der Waals surface area contributed by atoms with Crippen molar-refractivity contribution in [2.24, 2.45) is 5.92 Å². The lowest BCUT2D eigenvalue weighted by molar-refractivity contribution is 0.250. The Morgan fingerprint density at radius 1 is 1.19 bits per heavy atom. The summed E-state index contributed by atoms with van der Waals surface area (Å²) in [6, 6.07) is 10.4. The normalized spacial score (nSPS) is 19.6. The minimum atomic E-state index is -1.12. The number of fused-ring (bicyclic) bond motifs is 1. The third kappa shape index (κ3) is 4.19. The van der Waals surface area contributed by atoms with E-state index < -0.39 is 16.6 Å². The van der Waals surface area contributed by atoms with Crippen LogP contribution in [0.15, 0.2) is 53.7 Å². The Morgan fingerprint density at radius 2 is 1.97 bits per heavy atom. The molecule has 0 saturated carbocycles. The van der Waals surface area contributed by atoms with Crippen LogP contribution in [-0.4, -0.2) is 39.8 Å². The van der Waals surface area contributed by atoms with Crippen molar-refractivity contribution < 1.29 is 18.1 Å². The third-order valence-corrected chi connectivity index (χ3v) is 7.08. The van der Waals surface area contributed by atoms with Crippen molar-refractivity contribution in [2.45, 2.75) is 24.7 Å². The minimum Gasteiger partial charge on any atom is -0.490 e. The molecular formula is C24H24FN3O3S. The summed E-state index contributed by atoms with van der Waals surface area (Å²) in [5.74, 6) is 1.64. The number of nitrogens with zero attached hydrogens (tertiary/aromatic N) is 3. The number of rotatable bonds is 6. The Kier molecular flexibility index (Phi) is 5.78. The minimum absolute atomic E-state index is 0.175. The van der Waals surface area contributed by atoms with Crippen LogP contribution < -0.4 is 14.4 Å². The van der Waals surface area contributed by atoms with Gasteiger partial charge in [-0.15, -0.1) is 0 Å². The van der Waals surface area contributed by atoms with Crippen molar-refractivity contribution in [3.8, 4) is 22.6 Å². The number of ether oxygens (including phenoxy) is 2. The molecule has 3 aromatic rings. The Morgan fingerprint density at radius 3 is 2.75 bits per heavy atom. The summed E-state index contributed by atoms with van der Waals surface area (Å²) in [6.07, 6.45) is 5.61. The first kappa shape index (κ1) is 20.9. The number of aryl methyl sites for hydroxylation is 1. The SMILES string of the molecule is CCc1cnc(N2CC[C@@H](COc3ccc(-c4ccc5c(c4)OC[S@]5=O)cc3F)C2)nc1. The zero-order valence-electron chi connectivity index (χ0n) is 17.8. The average Bonchev–Trinajstić information content (AvgIpc) is 3.45. The van der Waals surface area contributed by atoms with Gasteiger partial charge >= 0.3 is 0 Å². The van der Waals surface area contributed by atoms with Gasteiger partial charge in [-0.25, -0.2) is 14.4 Å². The second-order valence-electron chi connectivity index (χ2n) is 8.07. The lowest BCUT2D eigenvalue weighted by atomic mass is 10.0. The molecule has 2 atom stereocenters. The van der Waals surface area contributed by atoms with E-state index >= 15 is 0 Å². The smallest absolute Gasteiger partial charge is 0.225 e. The highest BCUT2D eigenvalue weighted by molar-refractivity contribution is 7.85. The number of aromatic nitrogens is 2. The van der Waals surface area contributed by atoms with Gasteiger partial charge in [0, 0.05) is 31.4 Å². The van der Waals surface area contributed by atoms with Crippen molar-refractivity contribution in [2.75, 3.05) is 30.5 Å². The second kappa shape index (κ2) is 8.86. The molecule has 0 N–H and O–H groups in total. The summed E-state index contributed by atoms with van der Waals surface area (Å²) < 4.78 is 37.8. The maximum absolute atomic E-state index is 14.7. The number of hydrogen-bond acceptors (Lipinski definition) is 6. The molecule has 1 fully saturated rings. The molecule has 6 nitrogen and oxygen atoms in total. The second-order valence-corrected chi connectivity index (χ2v) is 9.44. The average molecular weight is 454 g/mol. The van der Waals surface area contributed by atoms with E-state index in [0.29, 0.717) is 23.2 Å². The van der Waals surface area contributed by atoms with E-state index in [1.807, 2.05) is 24.5 Å². The summed E-state index contributed by atoms with van der Waals surface area (Å²) in [7, 11) is -1.12. The summed E-state index contributed by atoms with van der Waals surface area (Å²) >= 11 is 0. The largest absolute Gasteiger partial charge is 0.490 e. The monoisotopic (exact) mass is 453 g/mol. The first-order valence-corrected chi connectivity index (χ1v) is 12.1. The van der Waals surface area contributed by atoms with Crippen LogP contribution in [0.3, 0.4) is 0 Å². The van der Waals surface area contributed by atoms with E-state index in [2.05, 4.69) is 21.8 Å². The van der Waals surface area contributed by atoms with Crippen molar-refractivity contribution >= 4 is 16.7 Å². The number of anilines is 1. The summed E-state index contributed by atoms with van der Waals surface area (Å²) in [6.45, 7) is 4.18. The lowest BCUT2D eigenvalue weighted by Crippen LogP contribution is -2.23. The maximum atomic E-state index is 14.7. The standard InChI is InChI=1S/C24H24FN3O3S/c1-2-16-11-26-24(27-12-16)28-8-7-17(13-28)14-30-21-5-3-18(9-20(21)25)19-4-6-23-22(10-19)31-15-32(23)29/h3-6,9-12,17H,2,7-8,13-15H2,1H3/t17-,32-/m1/s1. The zero-order valence-corrected chi connectivity index (χ0v) is 18.6. The molecule has 2 aromatic carbocycles. The Balaban J connectivity index is 1.21. The van der Waals surface area contributed by atoms with Crippen LogP contribution in [0.4, 0.5) is 10.3 Å². The van der Waals surface area contributed by atoms with Crippen LogP contribution in [-0.2, 0) is 17.2 Å².